The van der Waals surface area contributed by atoms with E-state index in [0.717, 1.165) is 19.3 Å². The van der Waals surface area contributed by atoms with E-state index in [1.807, 2.05) is 29.1 Å². The van der Waals surface area contributed by atoms with E-state index in [-0.39, 0.29) is 0 Å². The molecular formula is C25H38N2S. The molecule has 0 aliphatic rings. The number of allylic oxidation sites excluding steroid dienone is 8. The molecule has 0 bridgehead atoms. The molecule has 0 fully saturated rings. The smallest absolute Gasteiger partial charge is 0.0471 e. The Morgan fingerprint density at radius 3 is 2.50 bits per heavy atom. The molecule has 0 rings (SSSR count). The van der Waals surface area contributed by atoms with Gasteiger partial charge < -0.3 is 0 Å². The normalized spacial score (nSPS) is 14.7. The maximum absolute atomic E-state index is 5.38. The van der Waals surface area contributed by atoms with Gasteiger partial charge in [-0.3, -0.25) is 5.01 Å². The fourth-order valence-electron chi connectivity index (χ4n) is 2.85. The van der Waals surface area contributed by atoms with E-state index < -0.39 is 0 Å². The van der Waals surface area contributed by atoms with Crippen LogP contribution in [0.4, 0.5) is 0 Å². The van der Waals surface area contributed by atoms with Crippen LogP contribution in [-0.4, -0.2) is 23.5 Å². The van der Waals surface area contributed by atoms with Crippen LogP contribution in [0.5, 0.6) is 0 Å². The molecule has 154 valence electrons. The standard InChI is InChI=1S/C25H38N2S/c1-9-13-14-17-24(25(11-3)28-8)19-18-23(10-2)22(7)16-15-20-26-27(12-4)21(5)6/h1,10,12,14-17,20-22H,4,11,13,18-19H2,2-3,5-8H3/b16-15+,17-14-,23-10-,25-24-,26-20-. The number of thioether (sulfide) groups is 1. The minimum Gasteiger partial charge on any atom is -0.271 e. The van der Waals surface area contributed by atoms with Crippen molar-refractivity contribution in [3.63, 3.8) is 0 Å². The molecule has 0 aromatic heterocycles. The van der Waals surface area contributed by atoms with E-state index in [2.05, 4.69) is 82.8 Å². The quantitative estimate of drug-likeness (QED) is 0.106. The molecule has 0 radical (unpaired) electrons. The van der Waals surface area contributed by atoms with Gasteiger partial charge in [0.15, 0.2) is 0 Å². The van der Waals surface area contributed by atoms with Crippen LogP contribution in [0.15, 0.2) is 64.3 Å². The Kier molecular flexibility index (Phi) is 15.0. The fraction of sp³-hybridized carbons (Fsp3) is 0.480. The minimum atomic E-state index is 0.308. The highest BCUT2D eigenvalue weighted by Gasteiger charge is 2.08. The van der Waals surface area contributed by atoms with E-state index in [0.29, 0.717) is 18.4 Å². The van der Waals surface area contributed by atoms with Crippen LogP contribution in [0.25, 0.3) is 0 Å². The van der Waals surface area contributed by atoms with Gasteiger partial charge in [0.1, 0.15) is 0 Å². The Morgan fingerprint density at radius 2 is 2.00 bits per heavy atom. The molecular weight excluding hydrogens is 360 g/mol. The summed E-state index contributed by atoms with van der Waals surface area (Å²) in [6, 6.07) is 0.308. The lowest BCUT2D eigenvalue weighted by atomic mass is 9.93. The molecule has 1 atom stereocenters. The van der Waals surface area contributed by atoms with Gasteiger partial charge in [-0.2, -0.15) is 5.10 Å². The molecule has 0 aromatic rings. The number of hydrogen-bond acceptors (Lipinski definition) is 3. The largest absolute Gasteiger partial charge is 0.271 e. The third-order valence-electron chi connectivity index (χ3n) is 4.52. The average Bonchev–Trinajstić information content (AvgIpc) is 2.68. The Balaban J connectivity index is 5.05. The van der Waals surface area contributed by atoms with Crippen LogP contribution in [0.3, 0.4) is 0 Å². The second-order valence-electron chi connectivity index (χ2n) is 6.77. The van der Waals surface area contributed by atoms with Gasteiger partial charge in [-0.05, 0) is 68.8 Å². The van der Waals surface area contributed by atoms with Crippen molar-refractivity contribution in [2.75, 3.05) is 6.26 Å². The van der Waals surface area contributed by atoms with Crippen molar-refractivity contribution in [2.45, 2.75) is 66.3 Å². The lowest BCUT2D eigenvalue weighted by molar-refractivity contribution is 0.330. The summed E-state index contributed by atoms with van der Waals surface area (Å²) in [5.74, 6) is 3.06. The molecule has 0 saturated heterocycles. The Labute approximate surface area is 178 Å². The van der Waals surface area contributed by atoms with Crippen LogP contribution >= 0.6 is 11.8 Å². The van der Waals surface area contributed by atoms with Crippen molar-refractivity contribution in [1.29, 1.82) is 0 Å². The second-order valence-corrected chi connectivity index (χ2v) is 7.68. The summed E-state index contributed by atoms with van der Waals surface area (Å²) in [5, 5.41) is 6.26. The third kappa shape index (κ3) is 10.4. The second kappa shape index (κ2) is 16.1. The van der Waals surface area contributed by atoms with Gasteiger partial charge in [-0.15, -0.1) is 24.1 Å². The monoisotopic (exact) mass is 398 g/mol. The number of terminal acetylenes is 1. The highest BCUT2D eigenvalue weighted by Crippen LogP contribution is 2.28. The third-order valence-corrected chi connectivity index (χ3v) is 5.56. The molecule has 0 heterocycles. The van der Waals surface area contributed by atoms with Gasteiger partial charge in [0.05, 0.1) is 0 Å². The molecule has 0 spiro atoms. The van der Waals surface area contributed by atoms with E-state index in [1.165, 1.54) is 16.1 Å². The van der Waals surface area contributed by atoms with Crippen molar-refractivity contribution in [2.24, 2.45) is 11.0 Å². The topological polar surface area (TPSA) is 15.6 Å². The molecule has 0 aromatic carbocycles. The molecule has 0 N–H and O–H groups in total. The summed E-state index contributed by atoms with van der Waals surface area (Å²) >= 11 is 1.84. The first kappa shape index (κ1) is 26.1. The zero-order valence-corrected chi connectivity index (χ0v) is 19.4. The van der Waals surface area contributed by atoms with Gasteiger partial charge in [0.25, 0.3) is 0 Å². The molecule has 0 aliphatic heterocycles. The molecule has 2 nitrogen and oxygen atoms in total. The molecule has 0 aliphatic carbocycles. The first-order chi connectivity index (χ1) is 13.4. The van der Waals surface area contributed by atoms with Crippen molar-refractivity contribution in [3.05, 3.63) is 59.2 Å². The van der Waals surface area contributed by atoms with Crippen LogP contribution in [0, 0.1) is 18.3 Å². The number of hydrogen-bond donors (Lipinski definition) is 0. The number of rotatable bonds is 13. The Morgan fingerprint density at radius 1 is 1.29 bits per heavy atom. The van der Waals surface area contributed by atoms with Crippen LogP contribution in [0.2, 0.25) is 0 Å². The van der Waals surface area contributed by atoms with E-state index >= 15 is 0 Å². The van der Waals surface area contributed by atoms with Crippen LogP contribution < -0.4 is 0 Å². The SMILES string of the molecule is C#CC/C=C\C(CC/C(=C/C)C(C)/C=C/C=N\N(C=C)C(C)C)=C(/CC)SC. The Bertz CT molecular complexity index is 636. The number of nitrogens with zero attached hydrogens (tertiary/aromatic N) is 2. The summed E-state index contributed by atoms with van der Waals surface area (Å²) in [6.45, 7) is 14.5. The van der Waals surface area contributed by atoms with Crippen molar-refractivity contribution >= 4 is 18.0 Å². The lowest BCUT2D eigenvalue weighted by Crippen LogP contribution is -2.18. The maximum Gasteiger partial charge on any atom is 0.0471 e. The molecule has 0 amide bonds. The summed E-state index contributed by atoms with van der Waals surface area (Å²) in [6.07, 6.45) is 25.7. The molecule has 1 unspecified atom stereocenters. The van der Waals surface area contributed by atoms with Crippen LogP contribution in [-0.2, 0) is 0 Å². The minimum absolute atomic E-state index is 0.308. The summed E-state index contributed by atoms with van der Waals surface area (Å²) < 4.78 is 0. The maximum atomic E-state index is 5.38. The fourth-order valence-corrected chi connectivity index (χ4v) is 3.57. The summed E-state index contributed by atoms with van der Waals surface area (Å²) in [7, 11) is 0. The highest BCUT2D eigenvalue weighted by molar-refractivity contribution is 8.02. The highest BCUT2D eigenvalue weighted by atomic mass is 32.2. The zero-order chi connectivity index (χ0) is 21.4. The van der Waals surface area contributed by atoms with Gasteiger partial charge >= 0.3 is 0 Å². The molecule has 3 heteroatoms. The van der Waals surface area contributed by atoms with Crippen LogP contribution in [0.1, 0.15) is 60.3 Å². The zero-order valence-electron chi connectivity index (χ0n) is 18.6. The molecule has 28 heavy (non-hydrogen) atoms. The van der Waals surface area contributed by atoms with E-state index in [4.69, 9.17) is 6.42 Å². The first-order valence-electron chi connectivity index (χ1n) is 10.1. The van der Waals surface area contributed by atoms with Gasteiger partial charge in [0.2, 0.25) is 0 Å². The van der Waals surface area contributed by atoms with Crippen molar-refractivity contribution in [1.82, 2.24) is 5.01 Å². The Hall–Kier alpha value is -1.92. The van der Waals surface area contributed by atoms with Gasteiger partial charge in [-0.25, -0.2) is 0 Å². The van der Waals surface area contributed by atoms with Gasteiger partial charge in [0, 0.05) is 24.9 Å². The predicted molar refractivity (Wildman–Crippen MR) is 130 cm³/mol. The molecule has 0 saturated carbocycles. The van der Waals surface area contributed by atoms with Crippen molar-refractivity contribution in [3.8, 4) is 12.3 Å². The van der Waals surface area contributed by atoms with E-state index in [1.54, 1.807) is 6.20 Å². The number of hydrazone groups is 1. The predicted octanol–water partition coefficient (Wildman–Crippen LogP) is 7.35. The van der Waals surface area contributed by atoms with Gasteiger partial charge in [-0.1, -0.05) is 50.3 Å². The first-order valence-corrected chi connectivity index (χ1v) is 11.3. The average molecular weight is 399 g/mol. The lowest BCUT2D eigenvalue weighted by Gasteiger charge is -2.17. The van der Waals surface area contributed by atoms with Crippen molar-refractivity contribution < 1.29 is 0 Å². The summed E-state index contributed by atoms with van der Waals surface area (Å²) in [5.41, 5.74) is 2.84. The summed E-state index contributed by atoms with van der Waals surface area (Å²) in [4.78, 5) is 1.44. The van der Waals surface area contributed by atoms with E-state index in [9.17, 15) is 0 Å².